The maximum atomic E-state index is 2.46. The molecule has 0 aliphatic rings. The first-order chi connectivity index (χ1) is 48.1. The fourth-order valence-electron chi connectivity index (χ4n) is 14.4. The Morgan fingerprint density at radius 3 is 0.939 bits per heavy atom. The van der Waals surface area contributed by atoms with Gasteiger partial charge in [0.2, 0.25) is 0 Å². The van der Waals surface area contributed by atoms with Gasteiger partial charge >= 0.3 is 0 Å². The molecule has 0 bridgehead atoms. The minimum absolute atomic E-state index is 0.806. The summed E-state index contributed by atoms with van der Waals surface area (Å²) < 4.78 is 0. The molecule has 0 radical (unpaired) electrons. The van der Waals surface area contributed by atoms with Gasteiger partial charge in [-0.25, -0.2) is 0 Å². The van der Waals surface area contributed by atoms with Crippen LogP contribution in [0.1, 0.15) is 38.9 Å². The summed E-state index contributed by atoms with van der Waals surface area (Å²) in [5.74, 6) is 0. The molecule has 4 heteroatoms. The molecule has 470 valence electrons. The Labute approximate surface area is 575 Å². The van der Waals surface area contributed by atoms with Crippen LogP contribution in [0, 0.1) is 34.6 Å². The molecule has 0 heterocycles. The number of nitrogens with zero attached hydrogens (tertiary/aromatic N) is 4. The van der Waals surface area contributed by atoms with Gasteiger partial charge < -0.3 is 19.6 Å². The predicted molar refractivity (Wildman–Crippen MR) is 419 cm³/mol. The van der Waals surface area contributed by atoms with Crippen LogP contribution in [0.3, 0.4) is 0 Å². The van der Waals surface area contributed by atoms with Crippen LogP contribution in [0.2, 0.25) is 0 Å². The molecule has 0 amide bonds. The lowest BCUT2D eigenvalue weighted by Crippen LogP contribution is -2.13. The van der Waals surface area contributed by atoms with E-state index in [4.69, 9.17) is 0 Å². The molecule has 16 aromatic carbocycles. The smallest absolute Gasteiger partial charge is 0.0569 e. The summed E-state index contributed by atoms with van der Waals surface area (Å²) >= 11 is 0. The fourth-order valence-corrected chi connectivity index (χ4v) is 14.4. The highest BCUT2D eigenvalue weighted by atomic mass is 15.2. The second-order valence-electron chi connectivity index (χ2n) is 26.1. The Kier molecular flexibility index (Phi) is 16.2. The third-order valence-electron chi connectivity index (χ3n) is 19.4. The van der Waals surface area contributed by atoms with Gasteiger partial charge in [0.15, 0.2) is 0 Å². The molecule has 0 unspecified atom stereocenters. The molecular weight excluding hydrogens is 1190 g/mol. The van der Waals surface area contributed by atoms with Gasteiger partial charge in [0.05, 0.1) is 11.4 Å². The van der Waals surface area contributed by atoms with E-state index in [9.17, 15) is 0 Å². The molecule has 4 nitrogen and oxygen atoms in total. The van der Waals surface area contributed by atoms with Crippen molar-refractivity contribution in [1.29, 1.82) is 0 Å². The molecule has 98 heavy (non-hydrogen) atoms. The standard InChI is InChI=1S/C94H74N4/c1-64-28-44-81(45-29-64)97(82-46-30-65(2)31-47-82)93-67(4)58-91(87-24-14-16-26-89(87)93)92-59-68(5)94(90-27-17-15-25-88(90)92)98(83-48-32-66(3)33-49-83)84-50-35-69(36-51-84)60-70-34-37-76-63-86(57-43-75(76)61-70)96(78-22-10-7-11-23-78)80-54-40-73(41-55-80)72-38-52-79(53-39-72)95(77-20-8-6-9-21-77)85-56-42-71-18-12-13-19-74(71)62-85/h6-59,61-63H,60H2,1-5H3. The van der Waals surface area contributed by atoms with E-state index in [1.54, 1.807) is 0 Å². The average molecular weight is 1260 g/mol. The Bertz CT molecular complexity index is 5510. The quantitative estimate of drug-likeness (QED) is 0.0956. The molecule has 16 rings (SSSR count). The summed E-state index contributed by atoms with van der Waals surface area (Å²) in [6.45, 7) is 11.0. The van der Waals surface area contributed by atoms with Gasteiger partial charge in [-0.15, -0.1) is 0 Å². The topological polar surface area (TPSA) is 13.0 Å². The van der Waals surface area contributed by atoms with Crippen molar-refractivity contribution in [1.82, 2.24) is 0 Å². The zero-order valence-electron chi connectivity index (χ0n) is 55.9. The van der Waals surface area contributed by atoms with Gasteiger partial charge in [-0.1, -0.05) is 229 Å². The summed E-state index contributed by atoms with van der Waals surface area (Å²) in [6.07, 6.45) is 0.806. The summed E-state index contributed by atoms with van der Waals surface area (Å²) in [6, 6.07) is 127. The first kappa shape index (κ1) is 60.7. The molecule has 0 saturated heterocycles. The van der Waals surface area contributed by atoms with Crippen LogP contribution >= 0.6 is 0 Å². The van der Waals surface area contributed by atoms with Crippen molar-refractivity contribution in [3.8, 4) is 22.3 Å². The monoisotopic (exact) mass is 1260 g/mol. The van der Waals surface area contributed by atoms with E-state index in [-0.39, 0.29) is 0 Å². The zero-order valence-corrected chi connectivity index (χ0v) is 55.9. The maximum Gasteiger partial charge on any atom is 0.0569 e. The van der Waals surface area contributed by atoms with Crippen molar-refractivity contribution in [2.45, 2.75) is 41.0 Å². The van der Waals surface area contributed by atoms with Crippen LogP contribution in [0.5, 0.6) is 0 Å². The van der Waals surface area contributed by atoms with Crippen LogP contribution < -0.4 is 19.6 Å². The molecule has 0 spiro atoms. The molecule has 0 atom stereocenters. The average Bonchev–Trinajstić information content (AvgIpc) is 0.736. The number of anilines is 12. The number of aryl methyl sites for hydroxylation is 5. The molecule has 0 aromatic heterocycles. The van der Waals surface area contributed by atoms with E-state index in [0.29, 0.717) is 0 Å². The molecule has 0 aliphatic heterocycles. The van der Waals surface area contributed by atoms with Gasteiger partial charge in [-0.2, -0.15) is 0 Å². The van der Waals surface area contributed by atoms with Crippen molar-refractivity contribution >= 4 is 111 Å². The zero-order chi connectivity index (χ0) is 66.2. The van der Waals surface area contributed by atoms with Gasteiger partial charge in [-0.3, -0.25) is 0 Å². The van der Waals surface area contributed by atoms with Gasteiger partial charge in [0.25, 0.3) is 0 Å². The van der Waals surface area contributed by atoms with Crippen LogP contribution in [-0.4, -0.2) is 0 Å². The summed E-state index contributed by atoms with van der Waals surface area (Å²) in [5.41, 5.74) is 26.9. The normalized spacial score (nSPS) is 11.4. The minimum atomic E-state index is 0.806. The van der Waals surface area contributed by atoms with Crippen molar-refractivity contribution in [2.75, 3.05) is 19.6 Å². The van der Waals surface area contributed by atoms with Crippen molar-refractivity contribution in [3.63, 3.8) is 0 Å². The third-order valence-corrected chi connectivity index (χ3v) is 19.4. The van der Waals surface area contributed by atoms with Crippen molar-refractivity contribution < 1.29 is 0 Å². The number of para-hydroxylation sites is 2. The van der Waals surface area contributed by atoms with Gasteiger partial charge in [0, 0.05) is 67.6 Å². The van der Waals surface area contributed by atoms with Crippen LogP contribution in [0.4, 0.5) is 68.2 Å². The van der Waals surface area contributed by atoms with E-state index in [1.807, 2.05) is 0 Å². The second kappa shape index (κ2) is 26.2. The highest BCUT2D eigenvalue weighted by Crippen LogP contribution is 2.50. The number of fused-ring (bicyclic) bond motifs is 4. The summed E-state index contributed by atoms with van der Waals surface area (Å²) in [5, 5.41) is 9.69. The first-order valence-electron chi connectivity index (χ1n) is 34.0. The molecule has 0 saturated carbocycles. The number of rotatable bonds is 16. The van der Waals surface area contributed by atoms with Crippen molar-refractivity contribution in [3.05, 3.63) is 385 Å². The van der Waals surface area contributed by atoms with Crippen LogP contribution in [0.25, 0.3) is 65.3 Å². The molecular formula is C94H74N4. The molecule has 0 aliphatic carbocycles. The third kappa shape index (κ3) is 11.9. The van der Waals surface area contributed by atoms with E-state index >= 15 is 0 Å². The van der Waals surface area contributed by atoms with E-state index < -0.39 is 0 Å². The fraction of sp³-hybridized carbons (Fsp3) is 0.0638. The van der Waals surface area contributed by atoms with Crippen molar-refractivity contribution in [2.24, 2.45) is 0 Å². The number of hydrogen-bond donors (Lipinski definition) is 0. The maximum absolute atomic E-state index is 2.46. The van der Waals surface area contributed by atoms with Crippen LogP contribution in [0.15, 0.2) is 346 Å². The highest BCUT2D eigenvalue weighted by molar-refractivity contribution is 6.14. The lowest BCUT2D eigenvalue weighted by atomic mass is 9.88. The van der Waals surface area contributed by atoms with E-state index in [2.05, 4.69) is 400 Å². The molecule has 0 fully saturated rings. The highest BCUT2D eigenvalue weighted by Gasteiger charge is 2.25. The Morgan fingerprint density at radius 1 is 0.204 bits per heavy atom. The lowest BCUT2D eigenvalue weighted by Gasteiger charge is -2.31. The van der Waals surface area contributed by atoms with E-state index in [1.165, 1.54) is 105 Å². The predicted octanol–water partition coefficient (Wildman–Crippen LogP) is 26.6. The Hall–Kier alpha value is -12.2. The number of hydrogen-bond acceptors (Lipinski definition) is 4. The van der Waals surface area contributed by atoms with Gasteiger partial charge in [0.1, 0.15) is 0 Å². The Balaban J connectivity index is 0.680. The molecule has 0 N–H and O–H groups in total. The number of benzene rings is 16. The summed E-state index contributed by atoms with van der Waals surface area (Å²) in [7, 11) is 0. The Morgan fingerprint density at radius 2 is 0.500 bits per heavy atom. The SMILES string of the molecule is Cc1ccc(N(c2ccc(C)cc2)c2c(C)cc(-c3cc(C)c(N(c4ccc(C)cc4)c4ccc(Cc5ccc6cc(N(c7ccccc7)c7ccc(-c8ccc(N(c9ccccc9)c9ccc%10ccccc%10c9)cc8)cc7)ccc6c5)cc4)c4ccccc34)c3ccccc23)cc1. The minimum Gasteiger partial charge on any atom is -0.310 e. The summed E-state index contributed by atoms with van der Waals surface area (Å²) in [4.78, 5) is 9.59. The molecule has 16 aromatic rings. The lowest BCUT2D eigenvalue weighted by molar-refractivity contribution is 1.19. The second-order valence-corrected chi connectivity index (χ2v) is 26.1. The van der Waals surface area contributed by atoms with E-state index in [0.717, 1.165) is 74.4 Å². The van der Waals surface area contributed by atoms with Gasteiger partial charge in [-0.05, 0) is 251 Å². The first-order valence-corrected chi connectivity index (χ1v) is 34.0. The van der Waals surface area contributed by atoms with Crippen LogP contribution in [-0.2, 0) is 6.42 Å². The largest absolute Gasteiger partial charge is 0.310 e.